The number of benzene rings is 2. The first-order valence-electron chi connectivity index (χ1n) is 17.1. The summed E-state index contributed by atoms with van der Waals surface area (Å²) in [6, 6.07) is 14.1. The molecule has 3 unspecified atom stereocenters. The Balaban J connectivity index is 0.000000766. The molecular weight excluding hydrogens is 799 g/mol. The maximum absolute atomic E-state index is 13.9. The molecule has 0 fully saturated rings. The summed E-state index contributed by atoms with van der Waals surface area (Å²) in [7, 11) is 0. The van der Waals surface area contributed by atoms with Crippen molar-refractivity contribution >= 4 is 40.8 Å². The maximum Gasteiger partial charge on any atom is 0.416 e. The summed E-state index contributed by atoms with van der Waals surface area (Å²) in [4.78, 5) is 58.5. The minimum Gasteiger partial charge on any atom is -0.611 e. The molecule has 0 bridgehead atoms. The van der Waals surface area contributed by atoms with E-state index in [1.807, 2.05) is 13.8 Å². The number of alkyl halides is 3. The zero-order valence-corrected chi connectivity index (χ0v) is 32.6. The Kier molecular flexibility index (Phi) is 17.6. The molecule has 4 N–H and O–H groups in total. The van der Waals surface area contributed by atoms with Crippen LogP contribution >= 0.6 is 11.8 Å². The highest BCUT2D eigenvalue weighted by molar-refractivity contribution is 7.98. The summed E-state index contributed by atoms with van der Waals surface area (Å²) in [5.74, 6) is -3.82. The number of carbonyl (C=O) groups is 3. The lowest BCUT2D eigenvalue weighted by Gasteiger charge is -2.27. The average molecular weight is 840 g/mol. The number of aromatic nitrogens is 3. The van der Waals surface area contributed by atoms with Gasteiger partial charge in [-0.1, -0.05) is 55.9 Å². The Morgan fingerprint density at radius 1 is 0.912 bits per heavy atom. The fraction of sp³-hybridized carbons (Fsp3) is 0.351. The smallest absolute Gasteiger partial charge is 0.416 e. The number of thioether (sulfide) groups is 1. The van der Waals surface area contributed by atoms with Crippen molar-refractivity contribution in [2.24, 2.45) is 0 Å². The Bertz CT molecular complexity index is 1980. The van der Waals surface area contributed by atoms with Crippen LogP contribution < -0.4 is 5.56 Å². The number of halogens is 4. The van der Waals surface area contributed by atoms with Gasteiger partial charge in [0.1, 0.15) is 18.6 Å². The van der Waals surface area contributed by atoms with Crippen LogP contribution in [-0.2, 0) is 50.6 Å². The van der Waals surface area contributed by atoms with E-state index < -0.39 is 52.6 Å². The van der Waals surface area contributed by atoms with E-state index in [4.69, 9.17) is 20.4 Å². The molecule has 0 aliphatic rings. The molecule has 2 aromatic heterocycles. The molecule has 3 atom stereocenters. The molecule has 0 aliphatic heterocycles. The van der Waals surface area contributed by atoms with E-state index in [1.54, 1.807) is 35.4 Å². The number of likely N-dealkylation sites (N-methyl/N-ethyl adjacent to an activating group) is 1. The van der Waals surface area contributed by atoms with Crippen molar-refractivity contribution in [3.8, 4) is 11.3 Å². The van der Waals surface area contributed by atoms with Crippen molar-refractivity contribution < 1.29 is 56.9 Å². The number of nitrogens with zero attached hydrogens (tertiary/aromatic N) is 5. The molecule has 0 saturated carbocycles. The third kappa shape index (κ3) is 14.2. The Morgan fingerprint density at radius 2 is 1.49 bits per heavy atom. The third-order valence-electron chi connectivity index (χ3n) is 8.27. The SMILES string of the molecule is CCN(CC)CCN(Cc1ccc(-c2ccc(C(F)(F)F)cc2)nc1)C(=O)Cn1cc([S+](C)[O-])c(=O)nc1SCc1ccc(F)cc1.O=C(O)C(O)C(O)C(=O)O. The van der Waals surface area contributed by atoms with E-state index >= 15 is 0 Å². The second kappa shape index (κ2) is 21.6. The topological polar surface area (TPSA) is 209 Å². The first-order chi connectivity index (χ1) is 26.8. The summed E-state index contributed by atoms with van der Waals surface area (Å²) in [5.41, 5.74) is 1.14. The van der Waals surface area contributed by atoms with Gasteiger partial charge in [0.05, 0.1) is 17.5 Å². The van der Waals surface area contributed by atoms with Gasteiger partial charge in [-0.2, -0.15) is 18.2 Å². The predicted octanol–water partition coefficient (Wildman–Crippen LogP) is 3.74. The van der Waals surface area contributed by atoms with E-state index in [2.05, 4.69) is 14.9 Å². The number of hydrogen-bond acceptors (Lipinski definition) is 11. The van der Waals surface area contributed by atoms with E-state index in [9.17, 15) is 41.3 Å². The van der Waals surface area contributed by atoms with Gasteiger partial charge in [0, 0.05) is 37.1 Å². The molecule has 2 aromatic carbocycles. The summed E-state index contributed by atoms with van der Waals surface area (Å²) >= 11 is -0.433. The van der Waals surface area contributed by atoms with Crippen molar-refractivity contribution in [1.29, 1.82) is 0 Å². The number of aliphatic carboxylic acids is 2. The number of hydrogen-bond donors (Lipinski definition) is 4. The van der Waals surface area contributed by atoms with Crippen LogP contribution in [0.3, 0.4) is 0 Å². The van der Waals surface area contributed by atoms with Crippen LogP contribution in [-0.4, -0.2) is 112 Å². The summed E-state index contributed by atoms with van der Waals surface area (Å²) in [6.07, 6.45) is -4.60. The molecular formula is C37H41F4N5O9S2. The Labute approximate surface area is 332 Å². The molecule has 0 saturated heterocycles. The van der Waals surface area contributed by atoms with Gasteiger partial charge >= 0.3 is 23.7 Å². The second-order valence-corrected chi connectivity index (χ2v) is 14.5. The number of aliphatic hydroxyl groups excluding tert-OH is 2. The van der Waals surface area contributed by atoms with Crippen LogP contribution in [0.15, 0.2) is 87.9 Å². The van der Waals surface area contributed by atoms with Gasteiger partial charge in [0.2, 0.25) is 10.8 Å². The Hall–Kier alpha value is -4.86. The number of rotatable bonds is 17. The van der Waals surface area contributed by atoms with E-state index in [1.165, 1.54) is 53.0 Å². The van der Waals surface area contributed by atoms with Gasteiger partial charge in [-0.15, -0.1) is 0 Å². The van der Waals surface area contributed by atoms with E-state index in [-0.39, 0.29) is 34.9 Å². The first-order valence-corrected chi connectivity index (χ1v) is 19.6. The molecule has 308 valence electrons. The van der Waals surface area contributed by atoms with Gasteiger partial charge in [-0.3, -0.25) is 14.6 Å². The number of aliphatic hydroxyl groups is 2. The highest BCUT2D eigenvalue weighted by Gasteiger charge is 2.30. The lowest BCUT2D eigenvalue weighted by atomic mass is 10.1. The van der Waals surface area contributed by atoms with E-state index in [0.29, 0.717) is 35.7 Å². The minimum absolute atomic E-state index is 0.0262. The van der Waals surface area contributed by atoms with Gasteiger partial charge in [0.15, 0.2) is 17.4 Å². The van der Waals surface area contributed by atoms with Gasteiger partial charge in [0.25, 0.3) is 0 Å². The molecule has 57 heavy (non-hydrogen) atoms. The molecule has 0 radical (unpaired) electrons. The zero-order valence-electron chi connectivity index (χ0n) is 30.9. The van der Waals surface area contributed by atoms with Gasteiger partial charge < -0.3 is 39.3 Å². The maximum atomic E-state index is 13.9. The largest absolute Gasteiger partial charge is 0.611 e. The normalized spacial score (nSPS) is 13.0. The number of carboxylic acid groups (broad SMARTS) is 2. The molecule has 0 aliphatic carbocycles. The average Bonchev–Trinajstić information content (AvgIpc) is 3.17. The predicted molar refractivity (Wildman–Crippen MR) is 202 cm³/mol. The number of pyridine rings is 1. The van der Waals surface area contributed by atoms with Crippen LogP contribution in [0.4, 0.5) is 17.6 Å². The van der Waals surface area contributed by atoms with Crippen molar-refractivity contribution in [2.75, 3.05) is 32.4 Å². The quantitative estimate of drug-likeness (QED) is 0.0518. The zero-order chi connectivity index (χ0) is 42.4. The second-order valence-electron chi connectivity index (χ2n) is 12.2. The lowest BCUT2D eigenvalue weighted by Crippen LogP contribution is -2.40. The Morgan fingerprint density at radius 3 is 1.98 bits per heavy atom. The molecule has 14 nitrogen and oxygen atoms in total. The monoisotopic (exact) mass is 839 g/mol. The fourth-order valence-electron chi connectivity index (χ4n) is 4.96. The molecule has 4 rings (SSSR count). The van der Waals surface area contributed by atoms with Crippen molar-refractivity contribution in [3.05, 3.63) is 106 Å². The summed E-state index contributed by atoms with van der Waals surface area (Å²) in [5, 5.41) is 32.8. The summed E-state index contributed by atoms with van der Waals surface area (Å²) < 4.78 is 66.1. The lowest BCUT2D eigenvalue weighted by molar-refractivity contribution is -0.165. The number of carbonyl (C=O) groups excluding carboxylic acids is 1. The van der Waals surface area contributed by atoms with Crippen molar-refractivity contribution in [3.63, 3.8) is 0 Å². The van der Waals surface area contributed by atoms with E-state index in [0.717, 1.165) is 30.8 Å². The van der Waals surface area contributed by atoms with Gasteiger partial charge in [-0.25, -0.2) is 14.0 Å². The molecule has 20 heteroatoms. The van der Waals surface area contributed by atoms with Crippen molar-refractivity contribution in [2.45, 2.75) is 61.1 Å². The van der Waals surface area contributed by atoms with Crippen LogP contribution in [0, 0.1) is 5.82 Å². The molecule has 2 heterocycles. The van der Waals surface area contributed by atoms with Crippen LogP contribution in [0.2, 0.25) is 0 Å². The minimum atomic E-state index is -4.43. The highest BCUT2D eigenvalue weighted by atomic mass is 32.2. The fourth-order valence-corrected chi connectivity index (χ4v) is 6.45. The van der Waals surface area contributed by atoms with Gasteiger partial charge in [-0.05, 0) is 65.7 Å². The van der Waals surface area contributed by atoms with Crippen LogP contribution in [0.25, 0.3) is 11.3 Å². The standard InChI is InChI=1S/C33H35F4N5O3S2.C4H6O6/c1-4-40(5-2)16-17-41(19-24-8-15-28(38-18-24)25-9-11-26(12-10-25)33(35,36)37)30(43)21-42-20-29(47(3)45)31(44)39-32(42)46-22-23-6-13-27(34)14-7-23;5-1(3(7)8)2(6)4(9)10/h6-15,18,20H,4-5,16-17,19,21-22H2,1-3H3;1-2,5-6H,(H,7,8)(H,9,10). The summed E-state index contributed by atoms with van der Waals surface area (Å²) in [6.45, 7) is 6.67. The molecule has 1 amide bonds. The highest BCUT2D eigenvalue weighted by Crippen LogP contribution is 2.30. The van der Waals surface area contributed by atoms with Crippen LogP contribution in [0.5, 0.6) is 0 Å². The third-order valence-corrected chi connectivity index (χ3v) is 10.2. The molecule has 0 spiro atoms. The van der Waals surface area contributed by atoms with Crippen LogP contribution in [0.1, 0.15) is 30.5 Å². The first kappa shape index (κ1) is 46.5. The van der Waals surface area contributed by atoms with Crippen molar-refractivity contribution in [1.82, 2.24) is 24.3 Å². The molecule has 4 aromatic rings. The number of amides is 1. The number of carboxylic acids is 2.